The number of ether oxygens (including phenoxy) is 3. The van der Waals surface area contributed by atoms with Gasteiger partial charge in [0, 0.05) is 0 Å². The van der Waals surface area contributed by atoms with Crippen LogP contribution in [0, 0.1) is 23.7 Å². The van der Waals surface area contributed by atoms with Gasteiger partial charge in [-0.25, -0.2) is 4.79 Å². The van der Waals surface area contributed by atoms with Crippen LogP contribution in [0.2, 0.25) is 0 Å². The molecule has 0 bridgehead atoms. The second-order valence-corrected chi connectivity index (χ2v) is 10.0. The Kier molecular flexibility index (Phi) is 9.97. The summed E-state index contributed by atoms with van der Waals surface area (Å²) in [6.45, 7) is 4.38. The van der Waals surface area contributed by atoms with Gasteiger partial charge in [-0.15, -0.1) is 0 Å². The minimum Gasteiger partial charge on any atom is -0.465 e. The lowest BCUT2D eigenvalue weighted by atomic mass is 9.80. The number of hydrogen-bond acceptors (Lipinski definition) is 6. The Morgan fingerprint density at radius 3 is 1.74 bits per heavy atom. The van der Waals surface area contributed by atoms with E-state index >= 15 is 0 Å². The zero-order valence-electron chi connectivity index (χ0n) is 21.0. The third kappa shape index (κ3) is 7.07. The number of benzene rings is 1. The van der Waals surface area contributed by atoms with Crippen LogP contribution in [0.25, 0.3) is 0 Å². The molecule has 2 fully saturated rings. The summed E-state index contributed by atoms with van der Waals surface area (Å²) in [5.41, 5.74) is 0.0903. The molecule has 3 rings (SSSR count). The number of hydrogen-bond donors (Lipinski definition) is 0. The van der Waals surface area contributed by atoms with E-state index in [1.54, 1.807) is 6.07 Å². The molecule has 0 heterocycles. The van der Waals surface area contributed by atoms with E-state index in [9.17, 15) is 14.4 Å². The Balaban J connectivity index is 1.62. The highest BCUT2D eigenvalue weighted by Crippen LogP contribution is 2.35. The molecule has 0 unspecified atom stereocenters. The van der Waals surface area contributed by atoms with E-state index in [4.69, 9.17) is 14.2 Å². The molecule has 0 amide bonds. The van der Waals surface area contributed by atoms with Crippen molar-refractivity contribution in [3.05, 3.63) is 23.8 Å². The molecule has 6 heteroatoms. The Morgan fingerprint density at radius 2 is 1.26 bits per heavy atom. The van der Waals surface area contributed by atoms with Gasteiger partial charge in [0.15, 0.2) is 0 Å². The second-order valence-electron chi connectivity index (χ2n) is 10.0. The zero-order valence-corrected chi connectivity index (χ0v) is 21.0. The summed E-state index contributed by atoms with van der Waals surface area (Å²) < 4.78 is 16.1. The van der Waals surface area contributed by atoms with E-state index in [0.717, 1.165) is 51.4 Å². The summed E-state index contributed by atoms with van der Waals surface area (Å²) in [6.07, 6.45) is 12.2. The molecular weight excluding hydrogens is 432 g/mol. The Labute approximate surface area is 203 Å². The number of esters is 3. The van der Waals surface area contributed by atoms with E-state index in [-0.39, 0.29) is 40.8 Å². The third-order valence-electron chi connectivity index (χ3n) is 7.54. The van der Waals surface area contributed by atoms with Gasteiger partial charge in [0.05, 0.1) is 18.9 Å². The number of carbonyl (C=O) groups excluding carboxylic acids is 3. The number of carbonyl (C=O) groups is 3. The highest BCUT2D eigenvalue weighted by molar-refractivity contribution is 5.94. The van der Waals surface area contributed by atoms with E-state index in [2.05, 4.69) is 13.8 Å². The van der Waals surface area contributed by atoms with Crippen molar-refractivity contribution in [3.8, 4) is 11.5 Å². The standard InChI is InChI=1S/C28H40O6/c1-4-6-19-8-12-21(13-9-19)26(29)33-23-16-17-25(24(18-23)28(31)32-3)34-27(30)22-14-10-20(7-5-2)11-15-22/h16-22H,4-15H2,1-3H3. The normalized spacial score (nSPS) is 24.8. The number of rotatable bonds is 9. The van der Waals surface area contributed by atoms with Crippen LogP contribution in [0.4, 0.5) is 0 Å². The fourth-order valence-electron chi connectivity index (χ4n) is 5.51. The maximum absolute atomic E-state index is 12.8. The Bertz CT molecular complexity index is 831. The molecular formula is C28H40O6. The first-order valence-corrected chi connectivity index (χ1v) is 13.1. The topological polar surface area (TPSA) is 78.9 Å². The van der Waals surface area contributed by atoms with E-state index < -0.39 is 5.97 Å². The Morgan fingerprint density at radius 1 is 0.765 bits per heavy atom. The van der Waals surface area contributed by atoms with Gasteiger partial charge in [0.2, 0.25) is 0 Å². The van der Waals surface area contributed by atoms with Gasteiger partial charge in [-0.1, -0.05) is 39.5 Å². The lowest BCUT2D eigenvalue weighted by Crippen LogP contribution is -2.26. The fraction of sp³-hybridized carbons (Fsp3) is 0.679. The fourth-order valence-corrected chi connectivity index (χ4v) is 5.51. The van der Waals surface area contributed by atoms with Crippen LogP contribution >= 0.6 is 0 Å². The van der Waals surface area contributed by atoms with Crippen molar-refractivity contribution in [2.45, 2.75) is 90.9 Å². The lowest BCUT2D eigenvalue weighted by molar-refractivity contribution is -0.141. The maximum Gasteiger partial charge on any atom is 0.341 e. The molecule has 2 aliphatic carbocycles. The van der Waals surface area contributed by atoms with Crippen molar-refractivity contribution in [2.24, 2.45) is 23.7 Å². The molecule has 6 nitrogen and oxygen atoms in total. The minimum absolute atomic E-state index is 0.0903. The largest absolute Gasteiger partial charge is 0.465 e. The first-order valence-electron chi connectivity index (χ1n) is 13.1. The van der Waals surface area contributed by atoms with Gasteiger partial charge in [-0.3, -0.25) is 9.59 Å². The third-order valence-corrected chi connectivity index (χ3v) is 7.54. The molecule has 1 aromatic rings. The average Bonchev–Trinajstić information content (AvgIpc) is 2.85. The van der Waals surface area contributed by atoms with Crippen LogP contribution in [0.15, 0.2) is 18.2 Å². The molecule has 2 saturated carbocycles. The lowest BCUT2D eigenvalue weighted by Gasteiger charge is -2.27. The molecule has 0 saturated heterocycles. The summed E-state index contributed by atoms with van der Waals surface area (Å²) in [7, 11) is 1.27. The molecule has 0 spiro atoms. The predicted octanol–water partition coefficient (Wildman–Crippen LogP) is 6.50. The summed E-state index contributed by atoms with van der Waals surface area (Å²) >= 11 is 0. The summed E-state index contributed by atoms with van der Waals surface area (Å²) in [5, 5.41) is 0. The van der Waals surface area contributed by atoms with Crippen molar-refractivity contribution in [1.29, 1.82) is 0 Å². The predicted molar refractivity (Wildman–Crippen MR) is 130 cm³/mol. The van der Waals surface area contributed by atoms with Crippen LogP contribution in [0.5, 0.6) is 11.5 Å². The molecule has 2 aliphatic rings. The van der Waals surface area contributed by atoms with E-state index in [1.165, 1.54) is 44.9 Å². The Hall–Kier alpha value is -2.37. The van der Waals surface area contributed by atoms with E-state index in [1.807, 2.05) is 0 Å². The molecule has 34 heavy (non-hydrogen) atoms. The molecule has 0 N–H and O–H groups in total. The van der Waals surface area contributed by atoms with Gasteiger partial charge in [0.25, 0.3) is 0 Å². The second kappa shape index (κ2) is 12.9. The summed E-state index contributed by atoms with van der Waals surface area (Å²) in [6, 6.07) is 4.54. The maximum atomic E-state index is 12.8. The monoisotopic (exact) mass is 472 g/mol. The molecule has 188 valence electrons. The highest BCUT2D eigenvalue weighted by atomic mass is 16.5. The van der Waals surface area contributed by atoms with Gasteiger partial charge >= 0.3 is 17.9 Å². The SMILES string of the molecule is CCCC1CCC(C(=O)Oc2ccc(OC(=O)C3CCC(CCC)CC3)c(C(=O)OC)c2)CC1. The molecule has 0 atom stereocenters. The van der Waals surface area contributed by atoms with Crippen molar-refractivity contribution in [2.75, 3.05) is 7.11 Å². The van der Waals surface area contributed by atoms with Crippen LogP contribution in [0.3, 0.4) is 0 Å². The molecule has 0 aliphatic heterocycles. The van der Waals surface area contributed by atoms with Gasteiger partial charge in [-0.2, -0.15) is 0 Å². The molecule has 0 aromatic heterocycles. The van der Waals surface area contributed by atoms with E-state index in [0.29, 0.717) is 11.8 Å². The van der Waals surface area contributed by atoms with Gasteiger partial charge in [0.1, 0.15) is 17.1 Å². The minimum atomic E-state index is -0.632. The van der Waals surface area contributed by atoms with Crippen molar-refractivity contribution in [3.63, 3.8) is 0 Å². The van der Waals surface area contributed by atoms with Crippen molar-refractivity contribution in [1.82, 2.24) is 0 Å². The zero-order chi connectivity index (χ0) is 24.5. The summed E-state index contributed by atoms with van der Waals surface area (Å²) in [5.74, 6) is 0.328. The first kappa shape index (κ1) is 26.2. The number of methoxy groups -OCH3 is 1. The van der Waals surface area contributed by atoms with Crippen molar-refractivity contribution >= 4 is 17.9 Å². The van der Waals surface area contributed by atoms with Crippen LogP contribution in [-0.2, 0) is 14.3 Å². The van der Waals surface area contributed by atoms with Crippen LogP contribution in [-0.4, -0.2) is 25.0 Å². The van der Waals surface area contributed by atoms with Gasteiger partial charge < -0.3 is 14.2 Å². The quantitative estimate of drug-likeness (QED) is 0.302. The van der Waals surface area contributed by atoms with Gasteiger partial charge in [-0.05, 0) is 81.4 Å². The molecule has 0 radical (unpaired) electrons. The summed E-state index contributed by atoms with van der Waals surface area (Å²) in [4.78, 5) is 37.9. The molecule has 1 aromatic carbocycles. The van der Waals surface area contributed by atoms with Crippen LogP contribution in [0.1, 0.15) is 101 Å². The smallest absolute Gasteiger partial charge is 0.341 e. The average molecular weight is 473 g/mol. The van der Waals surface area contributed by atoms with Crippen molar-refractivity contribution < 1.29 is 28.6 Å². The first-order chi connectivity index (χ1) is 16.4. The highest BCUT2D eigenvalue weighted by Gasteiger charge is 2.30. The van der Waals surface area contributed by atoms with Crippen LogP contribution < -0.4 is 9.47 Å².